The van der Waals surface area contributed by atoms with Crippen molar-refractivity contribution in [2.75, 3.05) is 6.61 Å². The number of nitrogens with one attached hydrogen (secondary N) is 2. The van der Waals surface area contributed by atoms with Crippen LogP contribution in [0.25, 0.3) is 0 Å². The highest BCUT2D eigenvalue weighted by molar-refractivity contribution is 6.39. The second-order valence-corrected chi connectivity index (χ2v) is 4.02. The Morgan fingerprint density at radius 3 is 2.75 bits per heavy atom. The molecular weight excluding hydrogens is 210 g/mol. The third kappa shape index (κ3) is 3.30. The van der Waals surface area contributed by atoms with Gasteiger partial charge in [-0.25, -0.2) is 5.43 Å². The number of hydrogen-bond donors (Lipinski definition) is 3. The van der Waals surface area contributed by atoms with Crippen LogP contribution in [0.5, 0.6) is 0 Å². The van der Waals surface area contributed by atoms with Crippen molar-refractivity contribution < 1.29 is 14.7 Å². The van der Waals surface area contributed by atoms with Crippen molar-refractivity contribution in [3.8, 4) is 0 Å². The number of aliphatic hydroxyl groups excluding tert-OH is 1. The van der Waals surface area contributed by atoms with Gasteiger partial charge in [-0.05, 0) is 12.8 Å². The van der Waals surface area contributed by atoms with Gasteiger partial charge in [0.1, 0.15) is 5.71 Å². The van der Waals surface area contributed by atoms with Gasteiger partial charge in [0.15, 0.2) is 0 Å². The van der Waals surface area contributed by atoms with E-state index in [0.29, 0.717) is 12.1 Å². The molecule has 2 amide bonds. The highest BCUT2D eigenvalue weighted by atomic mass is 16.3. The standard InChI is InChI=1S/C10H17N3O3/c1-6(5-14)7(2)11-10(16)8-3-4-9(15)13-12-8/h6-7,14H,3-5H2,1-2H3,(H,11,16)(H,13,15). The Hall–Kier alpha value is -1.43. The van der Waals surface area contributed by atoms with Crippen LogP contribution in [0.4, 0.5) is 0 Å². The van der Waals surface area contributed by atoms with Crippen molar-refractivity contribution >= 4 is 17.5 Å². The number of carbonyl (C=O) groups excluding carboxylic acids is 2. The summed E-state index contributed by atoms with van der Waals surface area (Å²) in [5.74, 6) is -0.469. The third-order valence-corrected chi connectivity index (χ3v) is 2.67. The van der Waals surface area contributed by atoms with Gasteiger partial charge in [-0.15, -0.1) is 0 Å². The van der Waals surface area contributed by atoms with Gasteiger partial charge in [-0.3, -0.25) is 9.59 Å². The predicted molar refractivity (Wildman–Crippen MR) is 58.7 cm³/mol. The summed E-state index contributed by atoms with van der Waals surface area (Å²) >= 11 is 0. The SMILES string of the molecule is CC(CO)C(C)NC(=O)C1=NNC(=O)CC1. The molecule has 0 radical (unpaired) electrons. The van der Waals surface area contributed by atoms with E-state index in [9.17, 15) is 9.59 Å². The topological polar surface area (TPSA) is 90.8 Å². The smallest absolute Gasteiger partial charge is 0.267 e. The average molecular weight is 227 g/mol. The van der Waals surface area contributed by atoms with E-state index in [2.05, 4.69) is 15.8 Å². The summed E-state index contributed by atoms with van der Waals surface area (Å²) in [4.78, 5) is 22.5. The highest BCUT2D eigenvalue weighted by Crippen LogP contribution is 2.03. The predicted octanol–water partition coefficient (Wildman–Crippen LogP) is -0.614. The molecule has 0 saturated carbocycles. The van der Waals surface area contributed by atoms with Gasteiger partial charge in [0.2, 0.25) is 5.91 Å². The second-order valence-electron chi connectivity index (χ2n) is 4.02. The Balaban J connectivity index is 2.49. The zero-order valence-electron chi connectivity index (χ0n) is 9.49. The summed E-state index contributed by atoms with van der Waals surface area (Å²) in [6.45, 7) is 3.68. The summed E-state index contributed by atoms with van der Waals surface area (Å²) in [6, 6.07) is -0.127. The fraction of sp³-hybridized carbons (Fsp3) is 0.700. The molecule has 6 nitrogen and oxygen atoms in total. The summed E-state index contributed by atoms with van der Waals surface area (Å²) < 4.78 is 0. The van der Waals surface area contributed by atoms with Crippen molar-refractivity contribution in [2.45, 2.75) is 32.7 Å². The molecule has 1 rings (SSSR count). The molecule has 3 N–H and O–H groups in total. The first-order valence-electron chi connectivity index (χ1n) is 5.31. The zero-order valence-corrected chi connectivity index (χ0v) is 9.49. The zero-order chi connectivity index (χ0) is 12.1. The number of hydrazone groups is 1. The van der Waals surface area contributed by atoms with Crippen molar-refractivity contribution in [3.05, 3.63) is 0 Å². The van der Waals surface area contributed by atoms with Crippen LogP contribution in [-0.2, 0) is 9.59 Å². The van der Waals surface area contributed by atoms with Gasteiger partial charge in [0.25, 0.3) is 5.91 Å². The van der Waals surface area contributed by atoms with Gasteiger partial charge < -0.3 is 10.4 Å². The lowest BCUT2D eigenvalue weighted by atomic mass is 10.0. The molecule has 16 heavy (non-hydrogen) atoms. The van der Waals surface area contributed by atoms with Crippen LogP contribution in [-0.4, -0.2) is 35.3 Å². The molecule has 90 valence electrons. The van der Waals surface area contributed by atoms with E-state index in [4.69, 9.17) is 5.11 Å². The van der Waals surface area contributed by atoms with Crippen LogP contribution in [0.1, 0.15) is 26.7 Å². The number of hydrogen-bond acceptors (Lipinski definition) is 4. The van der Waals surface area contributed by atoms with Crippen molar-refractivity contribution in [2.24, 2.45) is 11.0 Å². The van der Waals surface area contributed by atoms with E-state index < -0.39 is 0 Å². The van der Waals surface area contributed by atoms with E-state index >= 15 is 0 Å². The van der Waals surface area contributed by atoms with Gasteiger partial charge >= 0.3 is 0 Å². The number of nitrogens with zero attached hydrogens (tertiary/aromatic N) is 1. The number of aliphatic hydroxyl groups is 1. The summed E-state index contributed by atoms with van der Waals surface area (Å²) in [5.41, 5.74) is 2.60. The van der Waals surface area contributed by atoms with Crippen molar-refractivity contribution in [1.29, 1.82) is 0 Å². The molecule has 1 aliphatic heterocycles. The van der Waals surface area contributed by atoms with E-state index in [1.165, 1.54) is 0 Å². The molecule has 0 bridgehead atoms. The molecule has 2 unspecified atom stereocenters. The van der Waals surface area contributed by atoms with Gasteiger partial charge in [0.05, 0.1) is 0 Å². The molecule has 0 fully saturated rings. The first-order chi connectivity index (χ1) is 7.54. The molecule has 2 atom stereocenters. The summed E-state index contributed by atoms with van der Waals surface area (Å²) in [6.07, 6.45) is 0.647. The summed E-state index contributed by atoms with van der Waals surface area (Å²) in [7, 11) is 0. The fourth-order valence-corrected chi connectivity index (χ4v) is 1.23. The molecule has 0 spiro atoms. The number of amides is 2. The molecule has 6 heteroatoms. The Kier molecular flexibility index (Phi) is 4.42. The second kappa shape index (κ2) is 5.60. The van der Waals surface area contributed by atoms with E-state index in [1.807, 2.05) is 13.8 Å². The Morgan fingerprint density at radius 1 is 1.56 bits per heavy atom. The lowest BCUT2D eigenvalue weighted by molar-refractivity contribution is -0.121. The largest absolute Gasteiger partial charge is 0.396 e. The molecular formula is C10H17N3O3. The van der Waals surface area contributed by atoms with Crippen molar-refractivity contribution in [3.63, 3.8) is 0 Å². The summed E-state index contributed by atoms with van der Waals surface area (Å²) in [5, 5.41) is 15.3. The molecule has 0 aliphatic carbocycles. The minimum Gasteiger partial charge on any atom is -0.396 e. The molecule has 1 heterocycles. The maximum absolute atomic E-state index is 11.7. The monoisotopic (exact) mass is 227 g/mol. The minimum atomic E-state index is -0.284. The van der Waals surface area contributed by atoms with Crippen LogP contribution in [0.2, 0.25) is 0 Å². The Bertz CT molecular complexity index is 314. The maximum Gasteiger partial charge on any atom is 0.267 e. The number of rotatable bonds is 4. The van der Waals surface area contributed by atoms with E-state index in [0.717, 1.165) is 0 Å². The molecule has 0 saturated heterocycles. The molecule has 0 aromatic carbocycles. The van der Waals surface area contributed by atoms with Crippen molar-refractivity contribution in [1.82, 2.24) is 10.7 Å². The van der Waals surface area contributed by atoms with Crippen LogP contribution in [0, 0.1) is 5.92 Å². The quantitative estimate of drug-likeness (QED) is 0.598. The minimum absolute atomic E-state index is 0.0114. The van der Waals surface area contributed by atoms with E-state index in [-0.39, 0.29) is 36.8 Å². The van der Waals surface area contributed by atoms with Crippen LogP contribution < -0.4 is 10.7 Å². The lowest BCUT2D eigenvalue weighted by Crippen LogP contribution is -2.43. The van der Waals surface area contributed by atoms with Gasteiger partial charge in [-0.1, -0.05) is 6.92 Å². The first-order valence-corrected chi connectivity index (χ1v) is 5.31. The van der Waals surface area contributed by atoms with Crippen LogP contribution >= 0.6 is 0 Å². The van der Waals surface area contributed by atoms with Gasteiger partial charge in [0, 0.05) is 25.5 Å². The maximum atomic E-state index is 11.7. The molecule has 0 aromatic heterocycles. The highest BCUT2D eigenvalue weighted by Gasteiger charge is 2.21. The molecule has 0 aromatic rings. The number of carbonyl (C=O) groups is 2. The first kappa shape index (κ1) is 12.6. The van der Waals surface area contributed by atoms with Crippen LogP contribution in [0.3, 0.4) is 0 Å². The Morgan fingerprint density at radius 2 is 2.25 bits per heavy atom. The average Bonchev–Trinajstić information content (AvgIpc) is 2.28. The fourth-order valence-electron chi connectivity index (χ4n) is 1.23. The lowest BCUT2D eigenvalue weighted by Gasteiger charge is -2.20. The molecule has 1 aliphatic rings. The normalized spacial score (nSPS) is 19.4. The van der Waals surface area contributed by atoms with Gasteiger partial charge in [-0.2, -0.15) is 5.10 Å². The Labute approximate surface area is 94.1 Å². The third-order valence-electron chi connectivity index (χ3n) is 2.67. The van der Waals surface area contributed by atoms with E-state index in [1.54, 1.807) is 0 Å². The van der Waals surface area contributed by atoms with Crippen LogP contribution in [0.15, 0.2) is 5.10 Å².